The van der Waals surface area contributed by atoms with Crippen molar-refractivity contribution in [2.75, 3.05) is 13.7 Å². The summed E-state index contributed by atoms with van der Waals surface area (Å²) in [6.07, 6.45) is 8.75. The molecular weight excluding hydrogens is 1670 g/mol. The van der Waals surface area contributed by atoms with Crippen LogP contribution in [0.25, 0.3) is 0 Å². The van der Waals surface area contributed by atoms with Crippen LogP contribution in [0.2, 0.25) is 0 Å². The molecule has 19 fully saturated rings. The maximum atomic E-state index is 12.6. The van der Waals surface area contributed by atoms with Crippen LogP contribution in [-0.2, 0) is 148 Å². The highest BCUT2D eigenvalue weighted by atomic mass is 16.7. The van der Waals surface area contributed by atoms with E-state index in [1.165, 1.54) is 21.0 Å². The molecule has 0 aromatic carbocycles. The molecule has 10 saturated heterocycles. The second kappa shape index (κ2) is 40.8. The summed E-state index contributed by atoms with van der Waals surface area (Å²) in [5, 5.41) is 0. The third-order valence-corrected chi connectivity index (χ3v) is 31.4. The second-order valence-electron chi connectivity index (χ2n) is 41.9. The minimum absolute atomic E-state index is 0. The fraction of sp³-hybridized carbons (Fsp3) is 0.847. The SMILES string of the molecule is C.C.C.C.C.C.CCC(C)(C)C(=O)OC(C)(C)C(=O)OC1C2CC3C(=O)OC1C3C2.CCC(C)(C)C(=O)OC1C2CC3C(=O)OC1C3O2.CCC(C)(C)C(=O)OC1C2CC3C1OC(=O)C3C2C(=O)OC.CCC(C)(C)C(=O)OC1C2CC3CC2C(=O)OC31.CCC(C)(C)C(=O)OC1CC2CCC1(C)OC2=O.CCC(C)(C)C(=O)OCCC(=O)OC1C2CC3C(=O)OC1C3C2. The van der Waals surface area contributed by atoms with Gasteiger partial charge in [0.05, 0.1) is 93.5 Å². The summed E-state index contributed by atoms with van der Waals surface area (Å²) in [7, 11) is 1.31. The number of carbonyl (C=O) groups is 15. The van der Waals surface area contributed by atoms with Crippen LogP contribution in [0.5, 0.6) is 0 Å². The third-order valence-electron chi connectivity index (χ3n) is 31.4. The number of rotatable bonds is 24. The van der Waals surface area contributed by atoms with Gasteiger partial charge in [0, 0.05) is 53.8 Å². The zero-order chi connectivity index (χ0) is 90.6. The highest BCUT2D eigenvalue weighted by Gasteiger charge is 2.72. The van der Waals surface area contributed by atoms with E-state index in [0.717, 1.165) is 64.2 Å². The van der Waals surface area contributed by atoms with Gasteiger partial charge in [0.15, 0.2) is 12.2 Å². The van der Waals surface area contributed by atoms with Crippen molar-refractivity contribution in [1.29, 1.82) is 0 Å². The molecule has 0 radical (unpaired) electrons. The van der Waals surface area contributed by atoms with Crippen LogP contribution >= 0.6 is 0 Å². The monoisotopic (exact) mass is 1830 g/mol. The molecule has 9 saturated carbocycles. The molecule has 19 rings (SSSR count). The molecule has 0 aromatic rings. The second-order valence-corrected chi connectivity index (χ2v) is 41.9. The molecule has 9 aliphatic carbocycles. The highest BCUT2D eigenvalue weighted by molar-refractivity contribution is 5.88. The topological polar surface area (TPSA) is 404 Å². The lowest BCUT2D eigenvalue weighted by Gasteiger charge is -2.48. The van der Waals surface area contributed by atoms with Crippen molar-refractivity contribution in [2.24, 2.45) is 121 Å². The highest BCUT2D eigenvalue weighted by Crippen LogP contribution is 2.61. The van der Waals surface area contributed by atoms with Crippen LogP contribution in [0.4, 0.5) is 0 Å². The summed E-state index contributed by atoms with van der Waals surface area (Å²) in [5.41, 5.74) is -5.21. The van der Waals surface area contributed by atoms with E-state index in [1.54, 1.807) is 13.8 Å². The first-order valence-corrected chi connectivity index (χ1v) is 45.0. The lowest BCUT2D eigenvalue weighted by atomic mass is 9.74. The first-order chi connectivity index (χ1) is 57.4. The molecule has 14 bridgehead atoms. The Bertz CT molecular complexity index is 4050. The van der Waals surface area contributed by atoms with Gasteiger partial charge in [0.2, 0.25) is 5.60 Å². The molecule has 734 valence electrons. The average molecular weight is 1830 g/mol. The van der Waals surface area contributed by atoms with Crippen LogP contribution in [0.15, 0.2) is 0 Å². The fourth-order valence-electron chi connectivity index (χ4n) is 20.6. The first kappa shape index (κ1) is 110. The van der Waals surface area contributed by atoms with Gasteiger partial charge in [-0.05, 0) is 207 Å². The quantitative estimate of drug-likeness (QED) is 0.0640. The molecule has 31 nitrogen and oxygen atoms in total. The van der Waals surface area contributed by atoms with Gasteiger partial charge < -0.3 is 75.8 Å². The molecule has 0 N–H and O–H groups in total. The molecule has 10 heterocycles. The van der Waals surface area contributed by atoms with Crippen LogP contribution in [0, 0.1) is 121 Å². The van der Waals surface area contributed by atoms with Crippen molar-refractivity contribution < 1.29 is 148 Å². The van der Waals surface area contributed by atoms with Gasteiger partial charge in [-0.1, -0.05) is 86.1 Å². The number of esters is 15. The van der Waals surface area contributed by atoms with Gasteiger partial charge in [0.1, 0.15) is 73.2 Å². The zero-order valence-electron chi connectivity index (χ0n) is 75.8. The van der Waals surface area contributed by atoms with Crippen LogP contribution in [0.1, 0.15) is 306 Å². The van der Waals surface area contributed by atoms with Gasteiger partial charge in [-0.3, -0.25) is 67.1 Å². The lowest BCUT2D eigenvalue weighted by Crippen LogP contribution is -2.57. The Morgan fingerprint density at radius 1 is 0.372 bits per heavy atom. The van der Waals surface area contributed by atoms with E-state index in [4.69, 9.17) is 75.8 Å². The summed E-state index contributed by atoms with van der Waals surface area (Å²) in [6, 6.07) is 0. The molecule has 29 unspecified atom stereocenters. The Balaban J connectivity index is 0.000000237. The zero-order valence-corrected chi connectivity index (χ0v) is 75.8. The largest absolute Gasteiger partial charge is 0.469 e. The number of hydrogen-bond donors (Lipinski definition) is 0. The van der Waals surface area contributed by atoms with E-state index < -0.39 is 110 Å². The van der Waals surface area contributed by atoms with E-state index >= 15 is 0 Å². The van der Waals surface area contributed by atoms with Gasteiger partial charge >= 0.3 is 89.5 Å². The van der Waals surface area contributed by atoms with Crippen molar-refractivity contribution >= 4 is 89.5 Å². The molecular formula is C98H156O31. The molecule has 0 spiro atoms. The van der Waals surface area contributed by atoms with Gasteiger partial charge in [-0.2, -0.15) is 0 Å². The van der Waals surface area contributed by atoms with E-state index in [-0.39, 0.29) is 243 Å². The van der Waals surface area contributed by atoms with Crippen LogP contribution in [-0.4, -0.2) is 194 Å². The van der Waals surface area contributed by atoms with Gasteiger partial charge in [-0.15, -0.1) is 0 Å². The van der Waals surface area contributed by atoms with E-state index in [2.05, 4.69) is 0 Å². The third kappa shape index (κ3) is 21.0. The Morgan fingerprint density at radius 3 is 1.24 bits per heavy atom. The minimum atomic E-state index is -1.37. The fourth-order valence-corrected chi connectivity index (χ4v) is 20.6. The Hall–Kier alpha value is -7.99. The number of ether oxygens (including phenoxy) is 16. The Kier molecular flexibility index (Phi) is 34.7. The van der Waals surface area contributed by atoms with E-state index in [9.17, 15) is 71.9 Å². The smallest absolute Gasteiger partial charge is 0.350 e. The molecule has 129 heavy (non-hydrogen) atoms. The lowest BCUT2D eigenvalue weighted by molar-refractivity contribution is -0.221. The summed E-state index contributed by atoms with van der Waals surface area (Å²) in [6.45, 7) is 38.7. The van der Waals surface area contributed by atoms with Crippen molar-refractivity contribution in [1.82, 2.24) is 0 Å². The Labute approximate surface area is 764 Å². The molecule has 0 amide bonds. The molecule has 10 aliphatic heterocycles. The maximum absolute atomic E-state index is 12.6. The molecule has 19 aliphatic rings. The maximum Gasteiger partial charge on any atom is 0.350 e. The van der Waals surface area contributed by atoms with Crippen molar-refractivity contribution in [2.45, 2.75) is 396 Å². The summed E-state index contributed by atoms with van der Waals surface area (Å²) in [5.74, 6) is -4.20. The molecule has 0 aromatic heterocycles. The van der Waals surface area contributed by atoms with Crippen molar-refractivity contribution in [3.8, 4) is 0 Å². The number of methoxy groups -OCH3 is 1. The number of carbonyl (C=O) groups excluding carboxylic acids is 15. The predicted octanol–water partition coefficient (Wildman–Crippen LogP) is 14.6. The number of hydrogen-bond acceptors (Lipinski definition) is 31. The van der Waals surface area contributed by atoms with Gasteiger partial charge in [-0.25, -0.2) is 4.79 Å². The minimum Gasteiger partial charge on any atom is -0.469 e. The number of fused-ring (bicyclic) bond motifs is 8. The van der Waals surface area contributed by atoms with Crippen molar-refractivity contribution in [3.63, 3.8) is 0 Å². The molecule has 29 atom stereocenters. The molecule has 31 heteroatoms. The standard InChI is InChI=1S/C18H26O6.C17H24O6.C16H22O6.C14H20O4.C14H22O4.C13H18O5.6CH4/c1-6-17(2,3)15(20)24-18(4,5)16(21)23-12-9-7-10-11(8-9)14(19)22-13(10)12;1-4-17(2,3)16(20)21-6-5-12(18)22-13-9-7-10-11(8-9)15(19)23-14(10)13;1-5-16(2,3)15(19)22-12-7-6-8-10(9(7)13(17)20-4)14(18)21-11(8)12;1-4-14(2,3)13(16)18-11-8-5-7-6-9(8)12(15)17-10(7)11;1-5-13(2,3)12(16)17-10-8-9-6-7-14(10,4)18-11(9)15;1-4-13(2,3)12(15)18-9-7-5-6-8(16-7)10(9)17-11(6)14;;;;;;/h9-13H,6-8H2,1-5H3;9-11,13-14H,4-8H2,1-3H3;7-12H,5-6H2,1-4H3;7-11H,4-6H2,1-3H3;9-10H,5-8H2,1-4H3;6-10H,4-5H2,1-3H3;6*1H4. The summed E-state index contributed by atoms with van der Waals surface area (Å²) in [4.78, 5) is 180. The predicted molar refractivity (Wildman–Crippen MR) is 468 cm³/mol. The van der Waals surface area contributed by atoms with Crippen LogP contribution in [0.3, 0.4) is 0 Å². The summed E-state index contributed by atoms with van der Waals surface area (Å²) >= 11 is 0. The summed E-state index contributed by atoms with van der Waals surface area (Å²) < 4.78 is 86.9. The van der Waals surface area contributed by atoms with Crippen LogP contribution < -0.4 is 0 Å². The average Bonchev–Trinajstić information content (AvgIpc) is 1.53. The Morgan fingerprint density at radius 2 is 0.767 bits per heavy atom. The van der Waals surface area contributed by atoms with Crippen molar-refractivity contribution in [3.05, 3.63) is 0 Å². The van der Waals surface area contributed by atoms with E-state index in [0.29, 0.717) is 50.9 Å². The normalized spacial score (nSPS) is 35.5. The first-order valence-electron chi connectivity index (χ1n) is 45.0. The van der Waals surface area contributed by atoms with Gasteiger partial charge in [0.25, 0.3) is 0 Å². The van der Waals surface area contributed by atoms with E-state index in [1.807, 2.05) is 118 Å².